The summed E-state index contributed by atoms with van der Waals surface area (Å²) in [5.74, 6) is 0. The van der Waals surface area contributed by atoms with Gasteiger partial charge in [-0.1, -0.05) is 60.1 Å². The quantitative estimate of drug-likeness (QED) is 0.539. The molecule has 0 amide bonds. The molecule has 0 spiro atoms. The lowest BCUT2D eigenvalue weighted by Gasteiger charge is -1.95. The summed E-state index contributed by atoms with van der Waals surface area (Å²) in [6.07, 6.45) is 4.20. The van der Waals surface area contributed by atoms with Crippen LogP contribution < -0.4 is 0 Å². The van der Waals surface area contributed by atoms with Gasteiger partial charge in [-0.2, -0.15) is 0 Å². The van der Waals surface area contributed by atoms with E-state index < -0.39 is 0 Å². The van der Waals surface area contributed by atoms with Crippen molar-refractivity contribution < 1.29 is 0 Å². The first-order valence-electron chi connectivity index (χ1n) is 6.16. The number of halogens is 1. The van der Waals surface area contributed by atoms with E-state index in [2.05, 4.69) is 49.4 Å². The van der Waals surface area contributed by atoms with Crippen molar-refractivity contribution in [1.29, 1.82) is 0 Å². The maximum atomic E-state index is 6.49. The molecule has 1 heterocycles. The molecule has 3 aromatic rings. The summed E-state index contributed by atoms with van der Waals surface area (Å²) in [6.45, 7) is 2.10. The third-order valence-electron chi connectivity index (χ3n) is 3.12. The van der Waals surface area contributed by atoms with Crippen molar-refractivity contribution in [3.63, 3.8) is 0 Å². The molecule has 0 radical (unpaired) electrons. The van der Waals surface area contributed by atoms with Gasteiger partial charge >= 0.3 is 0 Å². The predicted octanol–water partition coefficient (Wildman–Crippen LogP) is 6.03. The molecular weight excluding hydrogens is 272 g/mol. The smallest absolute Gasteiger partial charge is 0.0667 e. The van der Waals surface area contributed by atoms with E-state index in [4.69, 9.17) is 11.6 Å². The molecular formula is C17H13ClS. The normalized spacial score (nSPS) is 11.5. The van der Waals surface area contributed by atoms with Crippen LogP contribution in [0, 0.1) is 6.92 Å². The number of rotatable bonds is 2. The van der Waals surface area contributed by atoms with Crippen LogP contribution in [-0.2, 0) is 0 Å². The summed E-state index contributed by atoms with van der Waals surface area (Å²) >= 11 is 8.23. The van der Waals surface area contributed by atoms with Crippen molar-refractivity contribution in [3.8, 4) is 0 Å². The fourth-order valence-corrected chi connectivity index (χ4v) is 3.70. The first-order chi connectivity index (χ1) is 9.25. The molecule has 0 saturated carbocycles. The molecule has 3 rings (SSSR count). The Balaban J connectivity index is 2.05. The second-order valence-electron chi connectivity index (χ2n) is 4.47. The summed E-state index contributed by atoms with van der Waals surface area (Å²) < 4.78 is 1.25. The average Bonchev–Trinajstić information content (AvgIpc) is 2.76. The lowest BCUT2D eigenvalue weighted by Crippen LogP contribution is -1.72. The van der Waals surface area contributed by atoms with Gasteiger partial charge in [-0.25, -0.2) is 0 Å². The van der Waals surface area contributed by atoms with Crippen molar-refractivity contribution in [3.05, 3.63) is 69.6 Å². The predicted molar refractivity (Wildman–Crippen MR) is 86.9 cm³/mol. The molecule has 1 aromatic heterocycles. The molecule has 0 N–H and O–H groups in total. The first kappa shape index (κ1) is 12.5. The molecule has 0 unspecified atom stereocenters. The van der Waals surface area contributed by atoms with Crippen LogP contribution in [0.25, 0.3) is 22.2 Å². The molecule has 0 nitrogen and oxygen atoms in total. The van der Waals surface area contributed by atoms with Gasteiger partial charge < -0.3 is 0 Å². The van der Waals surface area contributed by atoms with Crippen molar-refractivity contribution >= 4 is 45.2 Å². The van der Waals surface area contributed by atoms with Gasteiger partial charge in [0.25, 0.3) is 0 Å². The van der Waals surface area contributed by atoms with Gasteiger partial charge in [0, 0.05) is 15.0 Å². The van der Waals surface area contributed by atoms with Crippen LogP contribution in [0.5, 0.6) is 0 Å². The van der Waals surface area contributed by atoms with Crippen LogP contribution >= 0.6 is 22.9 Å². The lowest BCUT2D eigenvalue weighted by atomic mass is 10.1. The number of aryl methyl sites for hydroxylation is 1. The number of benzene rings is 2. The third kappa shape index (κ3) is 2.44. The Morgan fingerprint density at radius 1 is 0.947 bits per heavy atom. The van der Waals surface area contributed by atoms with Gasteiger partial charge in [-0.15, -0.1) is 11.3 Å². The van der Waals surface area contributed by atoms with Gasteiger partial charge in [0.05, 0.1) is 5.02 Å². The minimum Gasteiger partial charge on any atom is -0.134 e. The minimum atomic E-state index is 0.866. The molecule has 0 aliphatic heterocycles. The largest absolute Gasteiger partial charge is 0.134 e. The van der Waals surface area contributed by atoms with E-state index >= 15 is 0 Å². The zero-order valence-electron chi connectivity index (χ0n) is 10.6. The van der Waals surface area contributed by atoms with E-state index in [1.165, 1.54) is 21.2 Å². The van der Waals surface area contributed by atoms with Crippen LogP contribution in [0.15, 0.2) is 48.5 Å². The van der Waals surface area contributed by atoms with E-state index in [9.17, 15) is 0 Å². The Morgan fingerprint density at radius 2 is 1.74 bits per heavy atom. The Labute approximate surface area is 122 Å². The van der Waals surface area contributed by atoms with Crippen LogP contribution in [0.1, 0.15) is 16.0 Å². The summed E-state index contributed by atoms with van der Waals surface area (Å²) in [6, 6.07) is 16.6. The Kier molecular flexibility index (Phi) is 3.41. The fourth-order valence-electron chi connectivity index (χ4n) is 2.14. The average molecular weight is 285 g/mol. The number of thiophene rings is 1. The maximum absolute atomic E-state index is 6.49. The van der Waals surface area contributed by atoms with Crippen molar-refractivity contribution in [2.24, 2.45) is 0 Å². The molecule has 2 heteroatoms. The van der Waals surface area contributed by atoms with Crippen molar-refractivity contribution in [2.45, 2.75) is 6.92 Å². The van der Waals surface area contributed by atoms with Crippen LogP contribution in [0.4, 0.5) is 0 Å². The van der Waals surface area contributed by atoms with Gasteiger partial charge in [0.2, 0.25) is 0 Å². The molecule has 0 aliphatic carbocycles. The van der Waals surface area contributed by atoms with Crippen molar-refractivity contribution in [2.75, 3.05) is 0 Å². The summed E-state index contributed by atoms with van der Waals surface area (Å²) in [5, 5.41) is 2.05. The fraction of sp³-hybridized carbons (Fsp3) is 0.0588. The van der Waals surface area contributed by atoms with E-state index in [-0.39, 0.29) is 0 Å². The Bertz CT molecular complexity index is 739. The molecule has 2 aromatic carbocycles. The van der Waals surface area contributed by atoms with Gasteiger partial charge in [0.1, 0.15) is 0 Å². The topological polar surface area (TPSA) is 0 Å². The minimum absolute atomic E-state index is 0.866. The van der Waals surface area contributed by atoms with Crippen LogP contribution in [0.3, 0.4) is 0 Å². The summed E-state index contributed by atoms with van der Waals surface area (Å²) in [5.41, 5.74) is 2.42. The SMILES string of the molecule is Cc1cccc2sc(/C=C\c3ccccc3)c(Cl)c12. The first-order valence-corrected chi connectivity index (χ1v) is 7.36. The number of hydrogen-bond acceptors (Lipinski definition) is 1. The molecule has 0 fully saturated rings. The number of hydrogen-bond donors (Lipinski definition) is 0. The molecule has 0 aliphatic rings. The Morgan fingerprint density at radius 3 is 2.47 bits per heavy atom. The zero-order valence-corrected chi connectivity index (χ0v) is 12.1. The standard InChI is InChI=1S/C17H13ClS/c1-12-6-5-9-14-16(12)17(18)15(19-14)11-10-13-7-3-2-4-8-13/h2-11H,1H3/b11-10-. The van der Waals surface area contributed by atoms with Crippen LogP contribution in [0.2, 0.25) is 5.02 Å². The molecule has 0 atom stereocenters. The number of fused-ring (bicyclic) bond motifs is 1. The lowest BCUT2D eigenvalue weighted by molar-refractivity contribution is 1.55. The monoisotopic (exact) mass is 284 g/mol. The highest BCUT2D eigenvalue weighted by molar-refractivity contribution is 7.20. The molecule has 0 saturated heterocycles. The molecule has 19 heavy (non-hydrogen) atoms. The highest BCUT2D eigenvalue weighted by Crippen LogP contribution is 2.38. The van der Waals surface area contributed by atoms with E-state index in [0.717, 1.165) is 9.90 Å². The van der Waals surface area contributed by atoms with Gasteiger partial charge in [-0.3, -0.25) is 0 Å². The highest BCUT2D eigenvalue weighted by Gasteiger charge is 2.09. The van der Waals surface area contributed by atoms with Gasteiger partial charge in [0.15, 0.2) is 0 Å². The highest BCUT2D eigenvalue weighted by atomic mass is 35.5. The van der Waals surface area contributed by atoms with Gasteiger partial charge in [-0.05, 0) is 30.2 Å². The van der Waals surface area contributed by atoms with E-state index in [1.54, 1.807) is 11.3 Å². The summed E-state index contributed by atoms with van der Waals surface area (Å²) in [7, 11) is 0. The summed E-state index contributed by atoms with van der Waals surface area (Å²) in [4.78, 5) is 1.12. The van der Waals surface area contributed by atoms with E-state index in [1.807, 2.05) is 18.2 Å². The second-order valence-corrected chi connectivity index (χ2v) is 5.93. The maximum Gasteiger partial charge on any atom is 0.0667 e. The second kappa shape index (κ2) is 5.20. The van der Waals surface area contributed by atoms with Crippen molar-refractivity contribution in [1.82, 2.24) is 0 Å². The van der Waals surface area contributed by atoms with Crippen LogP contribution in [-0.4, -0.2) is 0 Å². The zero-order chi connectivity index (χ0) is 13.2. The molecule has 94 valence electrons. The third-order valence-corrected chi connectivity index (χ3v) is 4.74. The molecule has 0 bridgehead atoms. The van der Waals surface area contributed by atoms with E-state index in [0.29, 0.717) is 0 Å². The Hall–Kier alpha value is -1.57.